The Hall–Kier alpha value is -2.10. The molecule has 0 saturated heterocycles. The lowest BCUT2D eigenvalue weighted by Gasteiger charge is -2.11. The predicted octanol–water partition coefficient (Wildman–Crippen LogP) is 3.45. The van der Waals surface area contributed by atoms with Crippen molar-refractivity contribution in [1.29, 1.82) is 0 Å². The third-order valence-corrected chi connectivity index (χ3v) is 3.36. The quantitative estimate of drug-likeness (QED) is 0.806. The molecule has 0 aliphatic rings. The van der Waals surface area contributed by atoms with Gasteiger partial charge in [0.1, 0.15) is 18.1 Å². The van der Waals surface area contributed by atoms with Crippen LogP contribution in [0.1, 0.15) is 5.69 Å². The molecule has 0 aliphatic carbocycles. The monoisotopic (exact) mass is 395 g/mol. The molecule has 23 heavy (non-hydrogen) atoms. The maximum atomic E-state index is 13.4. The minimum atomic E-state index is -4.58. The number of carbonyl (C=O) groups is 1. The van der Waals surface area contributed by atoms with Gasteiger partial charge in [-0.3, -0.25) is 9.48 Å². The van der Waals surface area contributed by atoms with Crippen LogP contribution in [0.5, 0.6) is 5.75 Å². The van der Waals surface area contributed by atoms with Crippen molar-refractivity contribution < 1.29 is 27.1 Å². The number of carbonyl (C=O) groups excluding carboxylic acids is 1. The topological polar surface area (TPSA) is 56.1 Å². The van der Waals surface area contributed by atoms with Gasteiger partial charge in [0.2, 0.25) is 5.91 Å². The summed E-state index contributed by atoms with van der Waals surface area (Å²) >= 11 is 2.97. The summed E-state index contributed by atoms with van der Waals surface area (Å²) in [6, 6.07) is 3.12. The summed E-state index contributed by atoms with van der Waals surface area (Å²) in [7, 11) is 1.29. The molecule has 1 N–H and O–H groups in total. The average molecular weight is 396 g/mol. The minimum Gasteiger partial charge on any atom is -0.494 e. The number of amides is 1. The summed E-state index contributed by atoms with van der Waals surface area (Å²) in [6.45, 7) is -0.436. The second kappa shape index (κ2) is 6.57. The molecule has 2 aromatic rings. The van der Waals surface area contributed by atoms with E-state index in [1.807, 2.05) is 0 Å². The Morgan fingerprint density at radius 3 is 2.70 bits per heavy atom. The van der Waals surface area contributed by atoms with Crippen LogP contribution in [0.2, 0.25) is 0 Å². The van der Waals surface area contributed by atoms with E-state index in [4.69, 9.17) is 4.74 Å². The molecule has 1 aromatic heterocycles. The number of aromatic nitrogens is 2. The third kappa shape index (κ3) is 4.21. The number of nitrogens with zero attached hydrogens (tertiary/aromatic N) is 2. The van der Waals surface area contributed by atoms with Crippen LogP contribution in [-0.4, -0.2) is 22.8 Å². The number of hydrogen-bond donors (Lipinski definition) is 1. The van der Waals surface area contributed by atoms with E-state index >= 15 is 0 Å². The van der Waals surface area contributed by atoms with E-state index in [9.17, 15) is 22.4 Å². The van der Waals surface area contributed by atoms with Crippen molar-refractivity contribution in [3.05, 3.63) is 40.4 Å². The van der Waals surface area contributed by atoms with E-state index < -0.39 is 30.1 Å². The molecule has 124 valence electrons. The highest BCUT2D eigenvalue weighted by Crippen LogP contribution is 2.31. The van der Waals surface area contributed by atoms with Crippen LogP contribution in [0.3, 0.4) is 0 Å². The van der Waals surface area contributed by atoms with Crippen molar-refractivity contribution in [2.24, 2.45) is 0 Å². The zero-order valence-corrected chi connectivity index (χ0v) is 13.2. The molecule has 1 aromatic carbocycles. The van der Waals surface area contributed by atoms with Crippen molar-refractivity contribution in [2.45, 2.75) is 12.7 Å². The van der Waals surface area contributed by atoms with Crippen molar-refractivity contribution in [2.75, 3.05) is 12.4 Å². The highest BCUT2D eigenvalue weighted by Gasteiger charge is 2.33. The Kier molecular flexibility index (Phi) is 4.93. The summed E-state index contributed by atoms with van der Waals surface area (Å²) in [5, 5.41) is 5.69. The van der Waals surface area contributed by atoms with E-state index in [-0.39, 0.29) is 15.9 Å². The number of hydrogen-bond acceptors (Lipinski definition) is 3. The van der Waals surface area contributed by atoms with Crippen LogP contribution in [-0.2, 0) is 17.5 Å². The number of alkyl halides is 3. The van der Waals surface area contributed by atoms with Crippen LogP contribution in [0.25, 0.3) is 0 Å². The zero-order valence-electron chi connectivity index (χ0n) is 11.6. The maximum Gasteiger partial charge on any atom is 0.435 e. The first-order chi connectivity index (χ1) is 10.7. The van der Waals surface area contributed by atoms with Gasteiger partial charge >= 0.3 is 6.18 Å². The lowest BCUT2D eigenvalue weighted by Crippen LogP contribution is -2.20. The van der Waals surface area contributed by atoms with E-state index in [1.165, 1.54) is 13.2 Å². The van der Waals surface area contributed by atoms with Crippen LogP contribution >= 0.6 is 15.9 Å². The summed E-state index contributed by atoms with van der Waals surface area (Å²) in [6.07, 6.45) is -3.53. The molecule has 0 aliphatic heterocycles. The normalized spacial score (nSPS) is 11.4. The fourth-order valence-corrected chi connectivity index (χ4v) is 2.08. The Morgan fingerprint density at radius 2 is 2.13 bits per heavy atom. The molecule has 5 nitrogen and oxygen atoms in total. The highest BCUT2D eigenvalue weighted by molar-refractivity contribution is 9.10. The standard InChI is InChI=1S/C13H10BrF4N3O2/c1-23-10-5-8(15)7(14)4-9(10)19-12(22)6-21-3-2-11(20-21)13(16,17)18/h2-5H,6H2,1H3,(H,19,22). The average Bonchev–Trinajstić information content (AvgIpc) is 2.91. The Balaban J connectivity index is 2.11. The summed E-state index contributed by atoms with van der Waals surface area (Å²) < 4.78 is 56.6. The van der Waals surface area contributed by atoms with Gasteiger partial charge in [0, 0.05) is 12.3 Å². The van der Waals surface area contributed by atoms with Gasteiger partial charge in [-0.05, 0) is 28.1 Å². The Morgan fingerprint density at radius 1 is 1.43 bits per heavy atom. The summed E-state index contributed by atoms with van der Waals surface area (Å²) in [5.41, 5.74) is -0.915. The predicted molar refractivity (Wildman–Crippen MR) is 76.5 cm³/mol. The van der Waals surface area contributed by atoms with Gasteiger partial charge in [-0.25, -0.2) is 4.39 Å². The Labute approximate surface area is 136 Å². The SMILES string of the molecule is COc1cc(F)c(Br)cc1NC(=O)Cn1ccc(C(F)(F)F)n1. The molecule has 0 bridgehead atoms. The molecule has 0 unspecified atom stereocenters. The number of ether oxygens (including phenoxy) is 1. The second-order valence-corrected chi connectivity index (χ2v) is 5.27. The summed E-state index contributed by atoms with van der Waals surface area (Å²) in [4.78, 5) is 11.9. The molecule has 1 heterocycles. The van der Waals surface area contributed by atoms with Crippen LogP contribution in [0.15, 0.2) is 28.9 Å². The number of halogens is 5. The molecule has 0 spiro atoms. The highest BCUT2D eigenvalue weighted by atomic mass is 79.9. The zero-order chi connectivity index (χ0) is 17.2. The maximum absolute atomic E-state index is 13.4. The van der Waals surface area contributed by atoms with E-state index in [1.54, 1.807) is 0 Å². The molecular formula is C13H10BrF4N3O2. The molecular weight excluding hydrogens is 386 g/mol. The molecule has 0 saturated carbocycles. The smallest absolute Gasteiger partial charge is 0.435 e. The van der Waals surface area contributed by atoms with Gasteiger partial charge < -0.3 is 10.1 Å². The Bertz CT molecular complexity index is 730. The molecule has 0 fully saturated rings. The van der Waals surface area contributed by atoms with Crippen LogP contribution in [0.4, 0.5) is 23.2 Å². The van der Waals surface area contributed by atoms with Gasteiger partial charge in [0.25, 0.3) is 0 Å². The van der Waals surface area contributed by atoms with Gasteiger partial charge in [-0.2, -0.15) is 18.3 Å². The number of benzene rings is 1. The molecule has 0 atom stereocenters. The largest absolute Gasteiger partial charge is 0.494 e. The van der Waals surface area contributed by atoms with Gasteiger partial charge in [-0.1, -0.05) is 0 Å². The number of methoxy groups -OCH3 is 1. The fourth-order valence-electron chi connectivity index (χ4n) is 1.73. The van der Waals surface area contributed by atoms with Crippen molar-refractivity contribution in [3.63, 3.8) is 0 Å². The number of nitrogens with one attached hydrogen (secondary N) is 1. The summed E-state index contributed by atoms with van der Waals surface area (Å²) in [5.74, 6) is -1.14. The molecule has 1 amide bonds. The van der Waals surface area contributed by atoms with Crippen molar-refractivity contribution in [1.82, 2.24) is 9.78 Å². The van der Waals surface area contributed by atoms with Gasteiger partial charge in [0.05, 0.1) is 17.3 Å². The molecule has 2 rings (SSSR count). The fraction of sp³-hybridized carbons (Fsp3) is 0.231. The third-order valence-electron chi connectivity index (χ3n) is 2.75. The lowest BCUT2D eigenvalue weighted by atomic mass is 10.2. The lowest BCUT2D eigenvalue weighted by molar-refractivity contribution is -0.141. The first-order valence-corrected chi connectivity index (χ1v) is 6.93. The van der Waals surface area contributed by atoms with Crippen molar-refractivity contribution >= 4 is 27.5 Å². The van der Waals surface area contributed by atoms with E-state index in [2.05, 4.69) is 26.3 Å². The molecule has 0 radical (unpaired) electrons. The minimum absolute atomic E-state index is 0.0792. The van der Waals surface area contributed by atoms with E-state index in [0.29, 0.717) is 0 Å². The van der Waals surface area contributed by atoms with Crippen LogP contribution in [0, 0.1) is 5.82 Å². The number of rotatable bonds is 4. The molecule has 10 heteroatoms. The number of anilines is 1. The van der Waals surface area contributed by atoms with Gasteiger partial charge in [-0.15, -0.1) is 0 Å². The van der Waals surface area contributed by atoms with Crippen LogP contribution < -0.4 is 10.1 Å². The first-order valence-electron chi connectivity index (χ1n) is 6.14. The van der Waals surface area contributed by atoms with Gasteiger partial charge in [0.15, 0.2) is 5.69 Å². The first kappa shape index (κ1) is 17.3. The second-order valence-electron chi connectivity index (χ2n) is 4.41. The van der Waals surface area contributed by atoms with Crippen molar-refractivity contribution in [3.8, 4) is 5.75 Å². The van der Waals surface area contributed by atoms with E-state index in [0.717, 1.165) is 23.0 Å².